The fourth-order valence-electron chi connectivity index (χ4n) is 2.96. The lowest BCUT2D eigenvalue weighted by atomic mass is 9.97. The average Bonchev–Trinajstić information content (AvgIpc) is 2.86. The van der Waals surface area contributed by atoms with E-state index in [1.165, 1.54) is 0 Å². The molecule has 3 rings (SSSR count). The molecule has 1 aliphatic heterocycles. The maximum Gasteiger partial charge on any atom is 0.255 e. The van der Waals surface area contributed by atoms with Gasteiger partial charge in [-0.2, -0.15) is 0 Å². The van der Waals surface area contributed by atoms with Crippen molar-refractivity contribution in [3.63, 3.8) is 0 Å². The molecule has 6 heteroatoms. The summed E-state index contributed by atoms with van der Waals surface area (Å²) in [6.45, 7) is 2.06. The van der Waals surface area contributed by atoms with Gasteiger partial charge in [0.2, 0.25) is 5.88 Å². The molecule has 2 heterocycles. The molecule has 0 unspecified atom stereocenters. The number of carbonyl (C=O) groups is 1. The molecule has 23 heavy (non-hydrogen) atoms. The molecule has 1 aromatic carbocycles. The number of hydrogen-bond donors (Lipinski definition) is 1. The molecule has 1 N–H and O–H groups in total. The van der Waals surface area contributed by atoms with E-state index in [0.29, 0.717) is 18.1 Å². The Morgan fingerprint density at radius 2 is 2.17 bits per heavy atom. The van der Waals surface area contributed by atoms with Crippen LogP contribution < -0.4 is 14.8 Å². The summed E-state index contributed by atoms with van der Waals surface area (Å²) >= 11 is 0. The van der Waals surface area contributed by atoms with E-state index in [-0.39, 0.29) is 18.6 Å². The van der Waals surface area contributed by atoms with Gasteiger partial charge in [-0.15, -0.1) is 0 Å². The van der Waals surface area contributed by atoms with Crippen molar-refractivity contribution in [1.82, 2.24) is 10.3 Å². The number of rotatable bonds is 5. The Balaban J connectivity index is 1.80. The summed E-state index contributed by atoms with van der Waals surface area (Å²) in [5, 5.41) is 4.45. The van der Waals surface area contributed by atoms with Crippen molar-refractivity contribution >= 4 is 16.7 Å². The number of methoxy groups -OCH3 is 1. The summed E-state index contributed by atoms with van der Waals surface area (Å²) in [6, 6.07) is 7.17. The van der Waals surface area contributed by atoms with Gasteiger partial charge >= 0.3 is 0 Å². The summed E-state index contributed by atoms with van der Waals surface area (Å²) in [5.74, 6) is 0.234. The van der Waals surface area contributed by atoms with Crippen molar-refractivity contribution in [2.75, 3.05) is 13.7 Å². The van der Waals surface area contributed by atoms with Crippen molar-refractivity contribution in [3.05, 3.63) is 30.5 Å². The lowest BCUT2D eigenvalue weighted by Crippen LogP contribution is -2.34. The Labute approximate surface area is 133 Å². The van der Waals surface area contributed by atoms with Crippen LogP contribution in [0.1, 0.15) is 13.3 Å². The number of ether oxygens (including phenoxy) is 2. The van der Waals surface area contributed by atoms with E-state index < -0.39 is 12.1 Å². The summed E-state index contributed by atoms with van der Waals surface area (Å²) in [4.78, 5) is 15.7. The minimum Gasteiger partial charge on any atom is -0.497 e. The maximum atomic E-state index is 13.8. The average molecular weight is 318 g/mol. The Kier molecular flexibility index (Phi) is 4.32. The summed E-state index contributed by atoms with van der Waals surface area (Å²) in [5.41, 5.74) is 0. The van der Waals surface area contributed by atoms with Crippen molar-refractivity contribution in [3.8, 4) is 11.6 Å². The molecular weight excluding hydrogens is 299 g/mol. The lowest BCUT2D eigenvalue weighted by molar-refractivity contribution is -0.123. The Morgan fingerprint density at radius 3 is 2.91 bits per heavy atom. The number of alkyl halides is 1. The summed E-state index contributed by atoms with van der Waals surface area (Å²) in [6.07, 6.45) is 0.770. The highest BCUT2D eigenvalue weighted by molar-refractivity contribution is 5.88. The monoisotopic (exact) mass is 318 g/mol. The molecular formula is C17H19FN2O3. The highest BCUT2D eigenvalue weighted by atomic mass is 19.1. The number of halogens is 1. The van der Waals surface area contributed by atoms with Gasteiger partial charge in [0.1, 0.15) is 12.4 Å². The van der Waals surface area contributed by atoms with E-state index in [2.05, 4.69) is 10.3 Å². The first-order valence-corrected chi connectivity index (χ1v) is 7.64. The van der Waals surface area contributed by atoms with Gasteiger partial charge in [-0.05, 0) is 30.0 Å². The number of nitrogens with one attached hydrogen (secondary N) is 1. The Hall–Kier alpha value is -2.37. The zero-order valence-corrected chi connectivity index (χ0v) is 13.1. The number of pyridine rings is 1. The maximum absolute atomic E-state index is 13.8. The number of fused-ring (bicyclic) bond motifs is 1. The molecule has 1 saturated heterocycles. The van der Waals surface area contributed by atoms with Crippen molar-refractivity contribution < 1.29 is 18.7 Å². The molecule has 1 aromatic heterocycles. The van der Waals surface area contributed by atoms with Crippen LogP contribution in [0.5, 0.6) is 11.6 Å². The fraction of sp³-hybridized carbons (Fsp3) is 0.412. The quantitative estimate of drug-likeness (QED) is 0.920. The number of carbonyl (C=O) groups excluding carboxylic acids is 1. The van der Waals surface area contributed by atoms with Gasteiger partial charge in [0, 0.05) is 17.5 Å². The van der Waals surface area contributed by atoms with Crippen LogP contribution in [0.2, 0.25) is 0 Å². The minimum absolute atomic E-state index is 0.188. The second-order valence-corrected chi connectivity index (χ2v) is 5.60. The third kappa shape index (κ3) is 2.93. The van der Waals surface area contributed by atoms with E-state index >= 15 is 0 Å². The summed E-state index contributed by atoms with van der Waals surface area (Å²) < 4.78 is 24.8. The standard InChI is InChI=1S/C17H19FN2O3/c1-3-12-14(20-16(21)15(12)18)9-23-17-13-8-11(22-2)5-4-10(13)6-7-19-17/h4-8,12,14-15H,3,9H2,1-2H3,(H,20,21)/t12-,14+,15-/m0/s1. The second-order valence-electron chi connectivity index (χ2n) is 5.60. The van der Waals surface area contributed by atoms with E-state index in [1.54, 1.807) is 13.3 Å². The predicted molar refractivity (Wildman–Crippen MR) is 84.4 cm³/mol. The largest absolute Gasteiger partial charge is 0.497 e. The molecule has 1 amide bonds. The molecule has 0 aliphatic carbocycles. The highest BCUT2D eigenvalue weighted by Crippen LogP contribution is 2.29. The van der Waals surface area contributed by atoms with Gasteiger partial charge in [0.15, 0.2) is 6.17 Å². The van der Waals surface area contributed by atoms with Gasteiger partial charge < -0.3 is 14.8 Å². The molecule has 0 bridgehead atoms. The van der Waals surface area contributed by atoms with Gasteiger partial charge in [0.25, 0.3) is 5.91 Å². The molecule has 5 nitrogen and oxygen atoms in total. The van der Waals surface area contributed by atoms with Crippen LogP contribution in [0.25, 0.3) is 10.8 Å². The van der Waals surface area contributed by atoms with Gasteiger partial charge in [-0.1, -0.05) is 13.0 Å². The topological polar surface area (TPSA) is 60.5 Å². The van der Waals surface area contributed by atoms with Crippen molar-refractivity contribution in [2.24, 2.45) is 5.92 Å². The molecule has 0 saturated carbocycles. The van der Waals surface area contributed by atoms with Crippen molar-refractivity contribution in [2.45, 2.75) is 25.6 Å². The number of aromatic nitrogens is 1. The highest BCUT2D eigenvalue weighted by Gasteiger charge is 2.41. The number of hydrogen-bond acceptors (Lipinski definition) is 4. The van der Waals surface area contributed by atoms with Crippen LogP contribution in [0.15, 0.2) is 30.5 Å². The molecule has 2 aromatic rings. The van der Waals surface area contributed by atoms with Crippen LogP contribution in [-0.4, -0.2) is 36.8 Å². The number of nitrogens with zero attached hydrogens (tertiary/aromatic N) is 1. The SMILES string of the molecule is CC[C@@H]1[C@H](F)C(=O)N[C@@H]1COc1nccc2ccc(OC)cc12. The minimum atomic E-state index is -1.46. The Morgan fingerprint density at radius 1 is 1.35 bits per heavy atom. The first kappa shape index (κ1) is 15.5. The van der Waals surface area contributed by atoms with Gasteiger partial charge in [-0.3, -0.25) is 4.79 Å². The molecule has 3 atom stereocenters. The Bertz CT molecular complexity index is 722. The van der Waals surface area contributed by atoms with Crippen LogP contribution in [0.3, 0.4) is 0 Å². The first-order chi connectivity index (χ1) is 11.1. The number of amides is 1. The first-order valence-electron chi connectivity index (χ1n) is 7.64. The third-order valence-corrected chi connectivity index (χ3v) is 4.28. The summed E-state index contributed by atoms with van der Waals surface area (Å²) in [7, 11) is 1.60. The van der Waals surface area contributed by atoms with E-state index in [1.807, 2.05) is 31.2 Å². The molecule has 122 valence electrons. The van der Waals surface area contributed by atoms with Crippen LogP contribution in [0, 0.1) is 5.92 Å². The van der Waals surface area contributed by atoms with Crippen LogP contribution in [-0.2, 0) is 4.79 Å². The molecule has 0 spiro atoms. The number of benzene rings is 1. The zero-order valence-electron chi connectivity index (χ0n) is 13.1. The van der Waals surface area contributed by atoms with Gasteiger partial charge in [-0.25, -0.2) is 9.37 Å². The van der Waals surface area contributed by atoms with Crippen LogP contribution >= 0.6 is 0 Å². The van der Waals surface area contributed by atoms with E-state index in [9.17, 15) is 9.18 Å². The fourth-order valence-corrected chi connectivity index (χ4v) is 2.96. The van der Waals surface area contributed by atoms with E-state index in [4.69, 9.17) is 9.47 Å². The van der Waals surface area contributed by atoms with Gasteiger partial charge in [0.05, 0.1) is 13.2 Å². The zero-order chi connectivity index (χ0) is 16.4. The lowest BCUT2D eigenvalue weighted by Gasteiger charge is -2.18. The molecule has 0 radical (unpaired) electrons. The third-order valence-electron chi connectivity index (χ3n) is 4.28. The van der Waals surface area contributed by atoms with Crippen LogP contribution in [0.4, 0.5) is 4.39 Å². The predicted octanol–water partition coefficient (Wildman–Crippen LogP) is 2.48. The normalized spacial score (nSPS) is 23.8. The second kappa shape index (κ2) is 6.40. The van der Waals surface area contributed by atoms with E-state index in [0.717, 1.165) is 10.8 Å². The molecule has 1 aliphatic rings. The van der Waals surface area contributed by atoms with Crippen molar-refractivity contribution in [1.29, 1.82) is 0 Å². The molecule has 1 fully saturated rings. The smallest absolute Gasteiger partial charge is 0.255 e.